The van der Waals surface area contributed by atoms with Crippen LogP contribution in [0.4, 0.5) is 5.82 Å². The molecule has 27 heavy (non-hydrogen) atoms. The first kappa shape index (κ1) is 22.3. The summed E-state index contributed by atoms with van der Waals surface area (Å²) >= 11 is 0. The van der Waals surface area contributed by atoms with Gasteiger partial charge in [-0.05, 0) is 35.8 Å². The minimum Gasteiger partial charge on any atom is -0.566 e. The Balaban J connectivity index is 0.00000261. The molecule has 2 atom stereocenters. The molecule has 8 nitrogen and oxygen atoms in total. The van der Waals surface area contributed by atoms with Crippen molar-refractivity contribution in [3.05, 3.63) is 18.5 Å². The van der Waals surface area contributed by atoms with Crippen LogP contribution in [-0.2, 0) is 9.09 Å². The number of aromatic nitrogens is 2. The predicted octanol–water partition coefficient (Wildman–Crippen LogP) is -0.708. The molecular formula is C17H22N3NaO5P+. The van der Waals surface area contributed by atoms with Crippen molar-refractivity contribution < 1.29 is 53.0 Å². The number of ether oxygens (including phenoxy) is 2. The van der Waals surface area contributed by atoms with E-state index in [4.69, 9.17) is 14.0 Å². The van der Waals surface area contributed by atoms with Gasteiger partial charge in [-0.1, -0.05) is 0 Å². The Morgan fingerprint density at radius 3 is 2.63 bits per heavy atom. The zero-order valence-corrected chi connectivity index (χ0v) is 18.8. The monoisotopic (exact) mass is 402 g/mol. The molecule has 0 radical (unpaired) electrons. The van der Waals surface area contributed by atoms with Crippen LogP contribution < -0.4 is 48.8 Å². The normalized spacial score (nSPS) is 17.8. The van der Waals surface area contributed by atoms with E-state index in [0.29, 0.717) is 11.5 Å². The van der Waals surface area contributed by atoms with Crippen LogP contribution in [0.5, 0.6) is 11.5 Å². The smallest absolute Gasteiger partial charge is 0.566 e. The van der Waals surface area contributed by atoms with Gasteiger partial charge in [-0.2, -0.15) is 0 Å². The van der Waals surface area contributed by atoms with Crippen molar-refractivity contribution in [2.75, 3.05) is 38.8 Å². The molecule has 2 unspecified atom stereocenters. The Hall–Kier alpha value is -1.02. The Kier molecular flexibility index (Phi) is 8.66. The Bertz CT molecular complexity index is 794. The maximum absolute atomic E-state index is 10.6. The quantitative estimate of drug-likeness (QED) is 0.462. The maximum atomic E-state index is 10.6. The summed E-state index contributed by atoms with van der Waals surface area (Å²) in [6, 6.07) is 3.75. The molecule has 0 saturated carbocycles. The molecule has 1 aromatic carbocycles. The molecule has 2 heterocycles. The third-order valence-corrected chi connectivity index (χ3v) is 5.04. The Morgan fingerprint density at radius 2 is 1.93 bits per heavy atom. The molecule has 1 aliphatic heterocycles. The maximum Gasteiger partial charge on any atom is 1.00 e. The average Bonchev–Trinajstić information content (AvgIpc) is 2.90. The van der Waals surface area contributed by atoms with Crippen LogP contribution in [0.15, 0.2) is 18.5 Å². The molecule has 0 aliphatic carbocycles. The van der Waals surface area contributed by atoms with Crippen LogP contribution in [0.3, 0.4) is 0 Å². The first-order valence-corrected chi connectivity index (χ1v) is 9.61. The number of anilines is 1. The fourth-order valence-corrected chi connectivity index (χ4v) is 3.66. The van der Waals surface area contributed by atoms with Gasteiger partial charge in [0.25, 0.3) is 0 Å². The van der Waals surface area contributed by atoms with E-state index in [0.717, 1.165) is 49.1 Å². The van der Waals surface area contributed by atoms with Crippen molar-refractivity contribution in [3.63, 3.8) is 0 Å². The molecule has 0 spiro atoms. The topological polar surface area (TPSA) is 96.8 Å². The second-order valence-electron chi connectivity index (χ2n) is 6.22. The molecular weight excluding hydrogens is 380 g/mol. The molecule has 2 aromatic rings. The molecule has 1 aromatic heterocycles. The van der Waals surface area contributed by atoms with Crippen LogP contribution in [0.1, 0.15) is 19.3 Å². The van der Waals surface area contributed by atoms with Gasteiger partial charge in [0, 0.05) is 24.5 Å². The summed E-state index contributed by atoms with van der Waals surface area (Å²) in [7, 11) is 0.414. The summed E-state index contributed by atoms with van der Waals surface area (Å²) in [4.78, 5) is 21.7. The van der Waals surface area contributed by atoms with E-state index in [1.54, 1.807) is 20.5 Å². The summed E-state index contributed by atoms with van der Waals surface area (Å²) in [6.45, 7) is 1.88. The van der Waals surface area contributed by atoms with Crippen molar-refractivity contribution in [1.82, 2.24) is 9.97 Å². The molecule has 0 amide bonds. The van der Waals surface area contributed by atoms with Crippen LogP contribution in [0.25, 0.3) is 10.9 Å². The predicted molar refractivity (Wildman–Crippen MR) is 95.8 cm³/mol. The number of hydrogen-bond acceptors (Lipinski definition) is 8. The van der Waals surface area contributed by atoms with Gasteiger partial charge in [0.2, 0.25) is 0 Å². The summed E-state index contributed by atoms with van der Waals surface area (Å²) < 4.78 is 26.2. The molecule has 140 valence electrons. The van der Waals surface area contributed by atoms with Gasteiger partial charge >= 0.3 is 37.8 Å². The van der Waals surface area contributed by atoms with E-state index in [1.165, 1.54) is 0 Å². The van der Waals surface area contributed by atoms with E-state index in [-0.39, 0.29) is 42.1 Å². The SMILES string of the molecule is COc1cc2ncnc(N3CCCC(CO[P+](=O)[O-])CC3)c2cc1OC.[Na+]. The van der Waals surface area contributed by atoms with Crippen LogP contribution in [-0.4, -0.2) is 43.9 Å². The molecule has 1 aliphatic rings. The number of benzene rings is 1. The molecule has 1 saturated heterocycles. The number of methoxy groups -OCH3 is 2. The van der Waals surface area contributed by atoms with Crippen LogP contribution in [0.2, 0.25) is 0 Å². The van der Waals surface area contributed by atoms with E-state index in [1.807, 2.05) is 12.1 Å². The zero-order chi connectivity index (χ0) is 18.5. The number of rotatable bonds is 6. The first-order valence-electron chi connectivity index (χ1n) is 8.51. The minimum absolute atomic E-state index is 0. The van der Waals surface area contributed by atoms with Crippen molar-refractivity contribution in [1.29, 1.82) is 0 Å². The van der Waals surface area contributed by atoms with E-state index < -0.39 is 8.25 Å². The standard InChI is InChI=1S/C17H22N3O5P.Na/c1-23-15-8-13-14(9-16(15)24-2)18-11-19-17(13)20-6-3-4-12(5-7-20)10-25-26(21)22;/h8-9,11-12H,3-7,10H2,1-2H3;/q;+1. The molecule has 10 heteroatoms. The van der Waals surface area contributed by atoms with Gasteiger partial charge in [0.15, 0.2) is 11.5 Å². The van der Waals surface area contributed by atoms with E-state index in [2.05, 4.69) is 14.9 Å². The van der Waals surface area contributed by atoms with Gasteiger partial charge in [-0.3, -0.25) is 0 Å². The van der Waals surface area contributed by atoms with Gasteiger partial charge in [0.1, 0.15) is 18.8 Å². The van der Waals surface area contributed by atoms with Crippen molar-refractivity contribution >= 4 is 25.0 Å². The number of fused-ring (bicyclic) bond motifs is 1. The largest absolute Gasteiger partial charge is 1.00 e. The van der Waals surface area contributed by atoms with Gasteiger partial charge in [-0.15, -0.1) is 4.52 Å². The van der Waals surface area contributed by atoms with Crippen LogP contribution >= 0.6 is 8.25 Å². The van der Waals surface area contributed by atoms with Gasteiger partial charge in [0.05, 0.1) is 19.7 Å². The molecule has 3 rings (SSSR count). The molecule has 0 N–H and O–H groups in total. The van der Waals surface area contributed by atoms with E-state index in [9.17, 15) is 9.46 Å². The molecule has 0 bridgehead atoms. The Morgan fingerprint density at radius 1 is 1.19 bits per heavy atom. The second-order valence-corrected chi connectivity index (χ2v) is 6.93. The zero-order valence-electron chi connectivity index (χ0n) is 15.9. The third-order valence-electron chi connectivity index (χ3n) is 4.68. The summed E-state index contributed by atoms with van der Waals surface area (Å²) in [5.74, 6) is 2.35. The van der Waals surface area contributed by atoms with Crippen molar-refractivity contribution in [2.45, 2.75) is 19.3 Å². The minimum atomic E-state index is -2.78. The summed E-state index contributed by atoms with van der Waals surface area (Å²) in [6.07, 6.45) is 4.28. The fraction of sp³-hybridized carbons (Fsp3) is 0.529. The first-order chi connectivity index (χ1) is 12.6. The van der Waals surface area contributed by atoms with Crippen LogP contribution in [0, 0.1) is 5.92 Å². The Labute approximate surface area is 181 Å². The number of nitrogens with zero attached hydrogens (tertiary/aromatic N) is 3. The third kappa shape index (κ3) is 5.50. The average molecular weight is 402 g/mol. The van der Waals surface area contributed by atoms with E-state index >= 15 is 0 Å². The van der Waals surface area contributed by atoms with Gasteiger partial charge in [-0.25, -0.2) is 9.97 Å². The van der Waals surface area contributed by atoms with Gasteiger partial charge < -0.3 is 19.3 Å². The summed E-state index contributed by atoms with van der Waals surface area (Å²) in [5, 5.41) is 0.905. The van der Waals surface area contributed by atoms with Crippen molar-refractivity contribution in [2.24, 2.45) is 5.92 Å². The number of hydrogen-bond donors (Lipinski definition) is 0. The second kappa shape index (κ2) is 10.5. The van der Waals surface area contributed by atoms with Crippen molar-refractivity contribution in [3.8, 4) is 11.5 Å². The fourth-order valence-electron chi connectivity index (χ4n) is 3.33. The molecule has 1 fully saturated rings. The summed E-state index contributed by atoms with van der Waals surface area (Å²) in [5.41, 5.74) is 0.792.